The summed E-state index contributed by atoms with van der Waals surface area (Å²) >= 11 is 6.19. The second kappa shape index (κ2) is 4.99. The number of nitrogens with zero attached hydrogens (tertiary/aromatic N) is 3. The molecule has 0 radical (unpaired) electrons. The molecule has 19 heavy (non-hydrogen) atoms. The maximum absolute atomic E-state index is 6.19. The highest BCUT2D eigenvalue weighted by Crippen LogP contribution is 2.26. The van der Waals surface area contributed by atoms with Crippen LogP contribution < -0.4 is 5.32 Å². The summed E-state index contributed by atoms with van der Waals surface area (Å²) in [6.07, 6.45) is 3.70. The van der Waals surface area contributed by atoms with Gasteiger partial charge in [-0.3, -0.25) is 4.98 Å². The van der Waals surface area contributed by atoms with Crippen LogP contribution in [0.25, 0.3) is 16.6 Å². The third-order valence-electron chi connectivity index (χ3n) is 2.94. The Morgan fingerprint density at radius 3 is 3.00 bits per heavy atom. The predicted molar refractivity (Wildman–Crippen MR) is 76.6 cm³/mol. The molecule has 4 nitrogen and oxygen atoms in total. The third kappa shape index (κ3) is 2.20. The Bertz CT molecular complexity index is 720. The number of nitrogens with one attached hydrogen (secondary N) is 1. The van der Waals surface area contributed by atoms with Crippen LogP contribution in [0, 0.1) is 0 Å². The minimum atomic E-state index is 0.703. The van der Waals surface area contributed by atoms with Gasteiger partial charge >= 0.3 is 0 Å². The number of pyridine rings is 1. The number of rotatable bonds is 3. The molecule has 0 amide bonds. The molecule has 0 bridgehead atoms. The molecule has 0 aliphatic heterocycles. The molecule has 0 saturated heterocycles. The summed E-state index contributed by atoms with van der Waals surface area (Å²) in [6, 6.07) is 9.65. The summed E-state index contributed by atoms with van der Waals surface area (Å²) in [6.45, 7) is 0.742. The van der Waals surface area contributed by atoms with Crippen molar-refractivity contribution in [3.8, 4) is 5.69 Å². The van der Waals surface area contributed by atoms with Gasteiger partial charge in [0.25, 0.3) is 0 Å². The molecule has 96 valence electrons. The first-order valence-corrected chi connectivity index (χ1v) is 6.40. The van der Waals surface area contributed by atoms with Crippen LogP contribution in [-0.4, -0.2) is 21.8 Å². The molecule has 5 heteroatoms. The molecule has 2 aromatic heterocycles. The molecular weight excluding hydrogens is 260 g/mol. The Hall–Kier alpha value is -1.91. The molecule has 0 saturated carbocycles. The quantitative estimate of drug-likeness (QED) is 0.797. The van der Waals surface area contributed by atoms with E-state index in [9.17, 15) is 0 Å². The molecule has 0 aliphatic rings. The highest BCUT2D eigenvalue weighted by atomic mass is 35.5. The van der Waals surface area contributed by atoms with Gasteiger partial charge in [-0.25, -0.2) is 4.68 Å². The lowest BCUT2D eigenvalue weighted by molar-refractivity contribution is 0.758. The van der Waals surface area contributed by atoms with Crippen LogP contribution in [0.15, 0.2) is 42.7 Å². The first kappa shape index (κ1) is 12.1. The van der Waals surface area contributed by atoms with Crippen molar-refractivity contribution in [3.05, 3.63) is 53.4 Å². The summed E-state index contributed by atoms with van der Waals surface area (Å²) < 4.78 is 1.83. The molecule has 3 rings (SSSR count). The number of benzene rings is 1. The zero-order chi connectivity index (χ0) is 13.2. The van der Waals surface area contributed by atoms with Gasteiger partial charge in [0.15, 0.2) is 0 Å². The van der Waals surface area contributed by atoms with Gasteiger partial charge in [-0.15, -0.1) is 0 Å². The van der Waals surface area contributed by atoms with Crippen molar-refractivity contribution >= 4 is 22.5 Å². The second-order valence-corrected chi connectivity index (χ2v) is 4.66. The van der Waals surface area contributed by atoms with Crippen LogP contribution in [0.5, 0.6) is 0 Å². The summed E-state index contributed by atoms with van der Waals surface area (Å²) in [7, 11) is 1.90. The number of hydrogen-bond acceptors (Lipinski definition) is 3. The topological polar surface area (TPSA) is 42.7 Å². The molecule has 1 N–H and O–H groups in total. The van der Waals surface area contributed by atoms with Crippen LogP contribution in [0.3, 0.4) is 0 Å². The summed E-state index contributed by atoms with van der Waals surface area (Å²) in [5, 5.41) is 9.24. The minimum Gasteiger partial charge on any atom is -0.314 e. The lowest BCUT2D eigenvalue weighted by atomic mass is 10.2. The van der Waals surface area contributed by atoms with Gasteiger partial charge in [0.2, 0.25) is 0 Å². The van der Waals surface area contributed by atoms with Crippen LogP contribution in [0.1, 0.15) is 5.69 Å². The maximum atomic E-state index is 6.19. The van der Waals surface area contributed by atoms with Crippen molar-refractivity contribution < 1.29 is 0 Å². The fourth-order valence-corrected chi connectivity index (χ4v) is 2.29. The molecule has 0 fully saturated rings. The minimum absolute atomic E-state index is 0.703. The van der Waals surface area contributed by atoms with Crippen molar-refractivity contribution in [2.45, 2.75) is 6.54 Å². The van der Waals surface area contributed by atoms with Gasteiger partial charge < -0.3 is 5.32 Å². The van der Waals surface area contributed by atoms with E-state index >= 15 is 0 Å². The summed E-state index contributed by atoms with van der Waals surface area (Å²) in [5.74, 6) is 0. The van der Waals surface area contributed by atoms with Gasteiger partial charge in [-0.05, 0) is 37.4 Å². The Morgan fingerprint density at radius 2 is 2.16 bits per heavy atom. The van der Waals surface area contributed by atoms with E-state index < -0.39 is 0 Å². The molecule has 0 spiro atoms. The van der Waals surface area contributed by atoms with Crippen LogP contribution >= 0.6 is 11.6 Å². The fraction of sp³-hybridized carbons (Fsp3) is 0.143. The second-order valence-electron chi connectivity index (χ2n) is 4.25. The van der Waals surface area contributed by atoms with Crippen molar-refractivity contribution in [1.29, 1.82) is 0 Å². The Morgan fingerprint density at radius 1 is 1.26 bits per heavy atom. The Labute approximate surface area is 116 Å². The average molecular weight is 273 g/mol. The largest absolute Gasteiger partial charge is 0.314 e. The van der Waals surface area contributed by atoms with E-state index in [4.69, 9.17) is 11.6 Å². The van der Waals surface area contributed by atoms with Crippen molar-refractivity contribution in [1.82, 2.24) is 20.1 Å². The first-order valence-electron chi connectivity index (χ1n) is 6.02. The van der Waals surface area contributed by atoms with Gasteiger partial charge in [-0.2, -0.15) is 5.10 Å². The van der Waals surface area contributed by atoms with E-state index in [-0.39, 0.29) is 0 Å². The Balaban J connectivity index is 2.16. The van der Waals surface area contributed by atoms with Crippen LogP contribution in [0.4, 0.5) is 0 Å². The maximum Gasteiger partial charge on any atom is 0.0973 e. The predicted octanol–water partition coefficient (Wildman–Crippen LogP) is 2.79. The first-order chi connectivity index (χ1) is 9.29. The number of fused-ring (bicyclic) bond motifs is 1. The highest BCUT2D eigenvalue weighted by molar-refractivity contribution is 6.35. The number of halogens is 1. The molecule has 0 aliphatic carbocycles. The normalized spacial score (nSPS) is 11.1. The molecule has 0 atom stereocenters. The van der Waals surface area contributed by atoms with E-state index in [1.807, 2.05) is 48.3 Å². The van der Waals surface area contributed by atoms with Gasteiger partial charge in [0.05, 0.1) is 21.9 Å². The Kier molecular flexibility index (Phi) is 3.19. The zero-order valence-electron chi connectivity index (χ0n) is 10.5. The number of aromatic nitrogens is 3. The van der Waals surface area contributed by atoms with E-state index in [1.165, 1.54) is 0 Å². The van der Waals surface area contributed by atoms with Crippen molar-refractivity contribution in [3.63, 3.8) is 0 Å². The van der Waals surface area contributed by atoms with Gasteiger partial charge in [0.1, 0.15) is 0 Å². The third-order valence-corrected chi connectivity index (χ3v) is 3.27. The zero-order valence-corrected chi connectivity index (χ0v) is 11.2. The van der Waals surface area contributed by atoms with E-state index in [2.05, 4.69) is 15.4 Å². The van der Waals surface area contributed by atoms with Crippen molar-refractivity contribution in [2.75, 3.05) is 7.05 Å². The van der Waals surface area contributed by atoms with E-state index in [1.54, 1.807) is 6.20 Å². The number of hydrogen-bond donors (Lipinski definition) is 1. The standard InChI is InChI=1S/C14H13ClN4/c1-16-9-10-6-8-19(18-10)13-5-4-12(15)11-3-2-7-17-14(11)13/h2-8,16H,9H2,1H3. The van der Waals surface area contributed by atoms with Gasteiger partial charge in [0, 0.05) is 24.3 Å². The molecular formula is C14H13ClN4. The lowest BCUT2D eigenvalue weighted by Gasteiger charge is -2.07. The van der Waals surface area contributed by atoms with E-state index in [0.717, 1.165) is 28.8 Å². The molecule has 2 heterocycles. The average Bonchev–Trinajstić information content (AvgIpc) is 2.88. The molecule has 0 unspecified atom stereocenters. The van der Waals surface area contributed by atoms with E-state index in [0.29, 0.717) is 5.02 Å². The van der Waals surface area contributed by atoms with Crippen LogP contribution in [0.2, 0.25) is 5.02 Å². The van der Waals surface area contributed by atoms with Crippen molar-refractivity contribution in [2.24, 2.45) is 0 Å². The van der Waals surface area contributed by atoms with Gasteiger partial charge in [-0.1, -0.05) is 11.6 Å². The smallest absolute Gasteiger partial charge is 0.0973 e. The monoisotopic (exact) mass is 272 g/mol. The SMILES string of the molecule is CNCc1ccn(-c2ccc(Cl)c3cccnc23)n1. The molecule has 3 aromatic rings. The summed E-state index contributed by atoms with van der Waals surface area (Å²) in [5.41, 5.74) is 2.78. The fourth-order valence-electron chi connectivity index (χ4n) is 2.08. The highest BCUT2D eigenvalue weighted by Gasteiger charge is 2.08. The summed E-state index contributed by atoms with van der Waals surface area (Å²) in [4.78, 5) is 4.41. The van der Waals surface area contributed by atoms with Crippen LogP contribution in [-0.2, 0) is 6.54 Å². The molecule has 1 aromatic carbocycles. The lowest BCUT2D eigenvalue weighted by Crippen LogP contribution is -2.06.